The molecule has 0 amide bonds. The summed E-state index contributed by atoms with van der Waals surface area (Å²) in [5.74, 6) is -0.328. The summed E-state index contributed by atoms with van der Waals surface area (Å²) in [4.78, 5) is 2.23. The summed E-state index contributed by atoms with van der Waals surface area (Å²) in [5, 5.41) is 0. The van der Waals surface area contributed by atoms with E-state index in [0.717, 1.165) is 38.8 Å². The molecule has 0 unspecified atom stereocenters. The van der Waals surface area contributed by atoms with Gasteiger partial charge in [-0.2, -0.15) is 0 Å². The third-order valence-electron chi connectivity index (χ3n) is 9.00. The number of hydrogen-bond acceptors (Lipinski definition) is 3. The maximum absolute atomic E-state index is 6.62. The van der Waals surface area contributed by atoms with Crippen LogP contribution in [0.2, 0.25) is 0 Å². The van der Waals surface area contributed by atoms with Gasteiger partial charge in [-0.05, 0) is 91.1 Å². The van der Waals surface area contributed by atoms with Crippen molar-refractivity contribution in [3.63, 3.8) is 0 Å². The number of allylic oxidation sites excluding steroid dienone is 8. The molecule has 1 saturated heterocycles. The van der Waals surface area contributed by atoms with Gasteiger partial charge in [-0.15, -0.1) is 0 Å². The quantitative estimate of drug-likeness (QED) is 0.0547. The third kappa shape index (κ3) is 26.6. The van der Waals surface area contributed by atoms with Crippen molar-refractivity contribution >= 4 is 0 Å². The Balaban J connectivity index is 2.13. The number of hydrogen-bond donors (Lipinski definition) is 0. The molecule has 1 heterocycles. The second-order valence-electron chi connectivity index (χ2n) is 13.9. The predicted molar refractivity (Wildman–Crippen MR) is 200 cm³/mol. The van der Waals surface area contributed by atoms with Gasteiger partial charge < -0.3 is 14.4 Å². The average molecular weight is 628 g/mol. The highest BCUT2D eigenvalue weighted by atomic mass is 16.7. The van der Waals surface area contributed by atoms with Crippen LogP contribution in [-0.4, -0.2) is 44.0 Å². The Morgan fingerprint density at radius 1 is 0.511 bits per heavy atom. The molecule has 0 spiro atoms. The normalized spacial score (nSPS) is 17.0. The van der Waals surface area contributed by atoms with Crippen molar-refractivity contribution in [2.45, 2.75) is 193 Å². The molecule has 0 bridgehead atoms. The summed E-state index contributed by atoms with van der Waals surface area (Å²) in [6.07, 6.45) is 52.1. The maximum atomic E-state index is 6.62. The van der Waals surface area contributed by atoms with Gasteiger partial charge in [0.15, 0.2) is 5.79 Å². The van der Waals surface area contributed by atoms with Gasteiger partial charge in [0.05, 0.1) is 12.7 Å². The molecular weight excluding hydrogens is 550 g/mol. The Labute approximate surface area is 282 Å². The minimum atomic E-state index is -0.328. The molecular formula is C42H77NO2. The first-order valence-electron chi connectivity index (χ1n) is 19.7. The zero-order valence-electron chi connectivity index (χ0n) is 30.8. The highest BCUT2D eigenvalue weighted by Crippen LogP contribution is 2.35. The van der Waals surface area contributed by atoms with E-state index in [0.29, 0.717) is 0 Å². The molecule has 0 aromatic rings. The van der Waals surface area contributed by atoms with Gasteiger partial charge in [0.25, 0.3) is 0 Å². The van der Waals surface area contributed by atoms with E-state index in [9.17, 15) is 0 Å². The summed E-state index contributed by atoms with van der Waals surface area (Å²) < 4.78 is 13.0. The number of rotatable bonds is 32. The molecule has 1 aliphatic rings. The molecule has 0 saturated carbocycles. The predicted octanol–water partition coefficient (Wildman–Crippen LogP) is 13.1. The first-order chi connectivity index (χ1) is 22.1. The number of unbranched alkanes of at least 4 members (excludes halogenated alkanes) is 18. The fourth-order valence-electron chi connectivity index (χ4n) is 6.27. The van der Waals surface area contributed by atoms with Crippen LogP contribution in [0, 0.1) is 0 Å². The molecule has 0 N–H and O–H groups in total. The van der Waals surface area contributed by atoms with Crippen LogP contribution in [0.3, 0.4) is 0 Å². The molecule has 0 aliphatic carbocycles. The topological polar surface area (TPSA) is 21.7 Å². The SMILES string of the molecule is CCCCC/C=C\C/C=C\CCCCCCCCC1(CCCCCCCC/C=C\C/C=C\CCCCC)OC[C@H](CN(C)C)O1. The van der Waals surface area contributed by atoms with Crippen LogP contribution in [0.4, 0.5) is 0 Å². The van der Waals surface area contributed by atoms with Crippen LogP contribution in [0.15, 0.2) is 48.6 Å². The summed E-state index contributed by atoms with van der Waals surface area (Å²) in [6.45, 7) is 6.24. The van der Waals surface area contributed by atoms with Crippen molar-refractivity contribution in [2.75, 3.05) is 27.2 Å². The summed E-state index contributed by atoms with van der Waals surface area (Å²) in [5.41, 5.74) is 0. The molecule has 1 aliphatic heterocycles. The molecule has 1 rings (SSSR count). The molecule has 262 valence electrons. The Morgan fingerprint density at radius 2 is 0.889 bits per heavy atom. The highest BCUT2D eigenvalue weighted by molar-refractivity contribution is 4.93. The lowest BCUT2D eigenvalue weighted by Crippen LogP contribution is -2.33. The van der Waals surface area contributed by atoms with Gasteiger partial charge >= 0.3 is 0 Å². The maximum Gasteiger partial charge on any atom is 0.168 e. The average Bonchev–Trinajstić information content (AvgIpc) is 3.42. The van der Waals surface area contributed by atoms with Gasteiger partial charge in [0, 0.05) is 19.4 Å². The zero-order valence-corrected chi connectivity index (χ0v) is 30.8. The van der Waals surface area contributed by atoms with Crippen molar-refractivity contribution in [3.8, 4) is 0 Å². The third-order valence-corrected chi connectivity index (χ3v) is 9.00. The second kappa shape index (κ2) is 31.4. The first-order valence-corrected chi connectivity index (χ1v) is 19.7. The lowest BCUT2D eigenvalue weighted by atomic mass is 9.98. The van der Waals surface area contributed by atoms with Gasteiger partial charge in [0.2, 0.25) is 0 Å². The van der Waals surface area contributed by atoms with E-state index in [1.165, 1.54) is 141 Å². The van der Waals surface area contributed by atoms with Gasteiger partial charge in [0.1, 0.15) is 0 Å². The lowest BCUT2D eigenvalue weighted by Gasteiger charge is -2.29. The van der Waals surface area contributed by atoms with Gasteiger partial charge in [-0.3, -0.25) is 0 Å². The Morgan fingerprint density at radius 3 is 1.29 bits per heavy atom. The molecule has 3 heteroatoms. The van der Waals surface area contributed by atoms with Crippen LogP contribution < -0.4 is 0 Å². The number of likely N-dealkylation sites (N-methyl/N-ethyl adjacent to an activating group) is 1. The van der Waals surface area contributed by atoms with Crippen LogP contribution in [0.5, 0.6) is 0 Å². The molecule has 0 aromatic carbocycles. The minimum Gasteiger partial charge on any atom is -0.347 e. The highest BCUT2D eigenvalue weighted by Gasteiger charge is 2.40. The fourth-order valence-corrected chi connectivity index (χ4v) is 6.27. The monoisotopic (exact) mass is 628 g/mol. The van der Waals surface area contributed by atoms with Crippen LogP contribution in [0.25, 0.3) is 0 Å². The van der Waals surface area contributed by atoms with E-state index in [4.69, 9.17) is 9.47 Å². The fraction of sp³-hybridized carbons (Fsp3) is 0.810. The van der Waals surface area contributed by atoms with Crippen molar-refractivity contribution in [3.05, 3.63) is 48.6 Å². The molecule has 45 heavy (non-hydrogen) atoms. The van der Waals surface area contributed by atoms with E-state index < -0.39 is 0 Å². The van der Waals surface area contributed by atoms with Crippen LogP contribution >= 0.6 is 0 Å². The Bertz CT molecular complexity index is 689. The van der Waals surface area contributed by atoms with Crippen molar-refractivity contribution in [1.82, 2.24) is 4.90 Å². The standard InChI is InChI=1S/C42H77NO2/c1-5-7-9-11-13-15-17-19-21-23-25-27-29-31-33-35-37-42(44-40-41(45-42)39-43(3)4)38-36-34-32-30-28-26-24-22-20-18-16-14-12-10-8-6-2/h13-16,19-22,41H,5-12,17-18,23-40H2,1-4H3/b15-13-,16-14-,21-19-,22-20-/t41-/m0/s1. The molecule has 1 fully saturated rings. The van der Waals surface area contributed by atoms with Crippen molar-refractivity contribution < 1.29 is 9.47 Å². The van der Waals surface area contributed by atoms with Crippen molar-refractivity contribution in [2.24, 2.45) is 0 Å². The van der Waals surface area contributed by atoms with E-state index in [1.54, 1.807) is 0 Å². The lowest BCUT2D eigenvalue weighted by molar-refractivity contribution is -0.180. The van der Waals surface area contributed by atoms with E-state index >= 15 is 0 Å². The number of ether oxygens (including phenoxy) is 2. The molecule has 1 atom stereocenters. The van der Waals surface area contributed by atoms with E-state index in [-0.39, 0.29) is 11.9 Å². The Kier molecular flexibility index (Phi) is 29.2. The first kappa shape index (κ1) is 41.9. The largest absolute Gasteiger partial charge is 0.347 e. The smallest absolute Gasteiger partial charge is 0.168 e. The van der Waals surface area contributed by atoms with Crippen LogP contribution in [-0.2, 0) is 9.47 Å². The molecule has 0 radical (unpaired) electrons. The van der Waals surface area contributed by atoms with E-state index in [1.807, 2.05) is 0 Å². The number of nitrogens with zero attached hydrogens (tertiary/aromatic N) is 1. The van der Waals surface area contributed by atoms with Gasteiger partial charge in [-0.1, -0.05) is 140 Å². The summed E-state index contributed by atoms with van der Waals surface area (Å²) in [6, 6.07) is 0. The summed E-state index contributed by atoms with van der Waals surface area (Å²) >= 11 is 0. The van der Waals surface area contributed by atoms with E-state index in [2.05, 4.69) is 81.5 Å². The second-order valence-corrected chi connectivity index (χ2v) is 13.9. The summed E-state index contributed by atoms with van der Waals surface area (Å²) in [7, 11) is 4.27. The van der Waals surface area contributed by atoms with Crippen LogP contribution in [0.1, 0.15) is 181 Å². The van der Waals surface area contributed by atoms with Crippen molar-refractivity contribution in [1.29, 1.82) is 0 Å². The minimum absolute atomic E-state index is 0.217. The van der Waals surface area contributed by atoms with Gasteiger partial charge in [-0.25, -0.2) is 0 Å². The Hall–Kier alpha value is -1.16. The zero-order chi connectivity index (χ0) is 32.5. The molecule has 3 nitrogen and oxygen atoms in total. The molecule has 0 aromatic heterocycles.